The number of methoxy groups -OCH3 is 1. The molecule has 2 aromatic rings. The minimum Gasteiger partial charge on any atom is -0.482 e. The molecule has 2 heterocycles. The summed E-state index contributed by atoms with van der Waals surface area (Å²) < 4.78 is 7.15. The fourth-order valence-corrected chi connectivity index (χ4v) is 1.66. The average Bonchev–Trinajstić information content (AvgIpc) is 2.23. The van der Waals surface area contributed by atoms with Gasteiger partial charge in [-0.3, -0.25) is 4.79 Å². The van der Waals surface area contributed by atoms with E-state index in [1.807, 2.05) is 18.2 Å². The molecule has 0 radical (unpaired) electrons. The number of nitrogens with zero attached hydrogens (tertiary/aromatic N) is 1. The lowest BCUT2D eigenvalue weighted by atomic mass is 10.3. The highest BCUT2D eigenvalue weighted by molar-refractivity contribution is 9.10. The van der Waals surface area contributed by atoms with Gasteiger partial charge in [0, 0.05) is 0 Å². The van der Waals surface area contributed by atoms with E-state index in [0.29, 0.717) is 10.4 Å². The SMILES string of the molecule is COc1cccc2ccc(Br)c(=O)n12. The van der Waals surface area contributed by atoms with Crippen molar-refractivity contribution in [2.24, 2.45) is 0 Å². The van der Waals surface area contributed by atoms with Gasteiger partial charge in [0.2, 0.25) is 5.88 Å². The zero-order valence-electron chi connectivity index (χ0n) is 7.53. The van der Waals surface area contributed by atoms with Crippen LogP contribution in [0.4, 0.5) is 0 Å². The van der Waals surface area contributed by atoms with Gasteiger partial charge < -0.3 is 4.74 Å². The van der Waals surface area contributed by atoms with E-state index in [1.54, 1.807) is 19.2 Å². The molecule has 72 valence electrons. The van der Waals surface area contributed by atoms with E-state index in [4.69, 9.17) is 4.74 Å². The van der Waals surface area contributed by atoms with Gasteiger partial charge >= 0.3 is 0 Å². The van der Waals surface area contributed by atoms with Crippen molar-refractivity contribution in [2.45, 2.75) is 0 Å². The van der Waals surface area contributed by atoms with Crippen LogP contribution in [0.1, 0.15) is 0 Å². The summed E-state index contributed by atoms with van der Waals surface area (Å²) >= 11 is 3.19. The predicted octanol–water partition coefficient (Wildman–Crippen LogP) is 2.07. The summed E-state index contributed by atoms with van der Waals surface area (Å²) in [5, 5.41) is 0. The van der Waals surface area contributed by atoms with Crippen molar-refractivity contribution in [3.05, 3.63) is 45.2 Å². The Morgan fingerprint density at radius 3 is 2.79 bits per heavy atom. The second kappa shape index (κ2) is 3.46. The Kier molecular flexibility index (Phi) is 2.29. The molecular weight excluding hydrogens is 246 g/mol. The van der Waals surface area contributed by atoms with Gasteiger partial charge in [0.05, 0.1) is 17.1 Å². The van der Waals surface area contributed by atoms with Gasteiger partial charge in [-0.05, 0) is 40.2 Å². The summed E-state index contributed by atoms with van der Waals surface area (Å²) in [6, 6.07) is 9.05. The third-order valence-electron chi connectivity index (χ3n) is 2.00. The maximum Gasteiger partial charge on any atom is 0.272 e. The Morgan fingerprint density at radius 1 is 1.29 bits per heavy atom. The number of ether oxygens (including phenoxy) is 1. The zero-order valence-corrected chi connectivity index (χ0v) is 9.11. The minimum absolute atomic E-state index is 0.111. The highest BCUT2D eigenvalue weighted by Gasteiger charge is 2.04. The second-order valence-electron chi connectivity index (χ2n) is 2.81. The van der Waals surface area contributed by atoms with Crippen molar-refractivity contribution in [1.29, 1.82) is 0 Å². The van der Waals surface area contributed by atoms with Crippen LogP contribution in [0, 0.1) is 0 Å². The van der Waals surface area contributed by atoms with Crippen LogP contribution in [-0.4, -0.2) is 11.5 Å². The summed E-state index contributed by atoms with van der Waals surface area (Å²) in [5.74, 6) is 0.536. The van der Waals surface area contributed by atoms with Crippen molar-refractivity contribution < 1.29 is 4.74 Å². The normalized spacial score (nSPS) is 10.4. The topological polar surface area (TPSA) is 30.7 Å². The number of rotatable bonds is 1. The molecule has 0 aliphatic carbocycles. The molecular formula is C10H8BrNO2. The Labute approximate surface area is 89.1 Å². The van der Waals surface area contributed by atoms with Crippen LogP contribution >= 0.6 is 15.9 Å². The molecule has 0 atom stereocenters. The van der Waals surface area contributed by atoms with Gasteiger partial charge in [-0.2, -0.15) is 0 Å². The van der Waals surface area contributed by atoms with Gasteiger partial charge in [0.1, 0.15) is 0 Å². The molecule has 0 N–H and O–H groups in total. The lowest BCUT2D eigenvalue weighted by molar-refractivity contribution is 0.390. The molecule has 0 aliphatic heterocycles. The highest BCUT2D eigenvalue weighted by atomic mass is 79.9. The number of fused-ring (bicyclic) bond motifs is 1. The van der Waals surface area contributed by atoms with Crippen LogP contribution in [0.25, 0.3) is 5.52 Å². The van der Waals surface area contributed by atoms with E-state index in [9.17, 15) is 4.79 Å². The summed E-state index contributed by atoms with van der Waals surface area (Å²) in [4.78, 5) is 11.7. The maximum atomic E-state index is 11.7. The smallest absolute Gasteiger partial charge is 0.272 e. The molecule has 0 aliphatic rings. The Morgan fingerprint density at radius 2 is 2.07 bits per heavy atom. The van der Waals surface area contributed by atoms with Crippen LogP contribution in [0.3, 0.4) is 0 Å². The summed E-state index contributed by atoms with van der Waals surface area (Å²) in [6.07, 6.45) is 0. The van der Waals surface area contributed by atoms with Gasteiger partial charge in [0.15, 0.2) is 0 Å². The molecule has 2 aromatic heterocycles. The van der Waals surface area contributed by atoms with Gasteiger partial charge in [-0.25, -0.2) is 4.40 Å². The van der Waals surface area contributed by atoms with E-state index in [0.717, 1.165) is 5.52 Å². The van der Waals surface area contributed by atoms with Gasteiger partial charge in [-0.15, -0.1) is 0 Å². The first kappa shape index (κ1) is 9.27. The van der Waals surface area contributed by atoms with E-state index in [-0.39, 0.29) is 5.56 Å². The van der Waals surface area contributed by atoms with Crippen LogP contribution in [0.5, 0.6) is 5.88 Å². The Balaban J connectivity index is 2.97. The second-order valence-corrected chi connectivity index (χ2v) is 3.67. The van der Waals surface area contributed by atoms with Gasteiger partial charge in [-0.1, -0.05) is 6.07 Å². The molecule has 4 heteroatoms. The molecule has 14 heavy (non-hydrogen) atoms. The number of hydrogen-bond acceptors (Lipinski definition) is 2. The zero-order chi connectivity index (χ0) is 10.1. The molecule has 0 unspecified atom stereocenters. The Bertz CT molecular complexity index is 533. The molecule has 0 bridgehead atoms. The maximum absolute atomic E-state index is 11.7. The van der Waals surface area contributed by atoms with Crippen LogP contribution in [0.2, 0.25) is 0 Å². The summed E-state index contributed by atoms with van der Waals surface area (Å²) in [5.41, 5.74) is 0.706. The molecule has 0 saturated carbocycles. The van der Waals surface area contributed by atoms with Crippen molar-refractivity contribution in [2.75, 3.05) is 7.11 Å². The lowest BCUT2D eigenvalue weighted by Crippen LogP contribution is -2.15. The van der Waals surface area contributed by atoms with E-state index < -0.39 is 0 Å². The quantitative estimate of drug-likeness (QED) is 0.779. The first-order chi connectivity index (χ1) is 6.74. The fourth-order valence-electron chi connectivity index (χ4n) is 1.35. The first-order valence-electron chi connectivity index (χ1n) is 4.08. The number of pyridine rings is 2. The molecule has 0 saturated heterocycles. The number of hydrogen-bond donors (Lipinski definition) is 0. The standard InChI is InChI=1S/C10H8BrNO2/c1-14-9-4-2-3-7-5-6-8(11)10(13)12(7)9/h2-6H,1H3. The summed E-state index contributed by atoms with van der Waals surface area (Å²) in [7, 11) is 1.54. The third-order valence-corrected chi connectivity index (χ3v) is 2.60. The fraction of sp³-hybridized carbons (Fsp3) is 0.100. The third kappa shape index (κ3) is 1.32. The number of aromatic nitrogens is 1. The van der Waals surface area contributed by atoms with Crippen molar-refractivity contribution >= 4 is 21.4 Å². The lowest BCUT2D eigenvalue weighted by Gasteiger charge is -2.06. The first-order valence-corrected chi connectivity index (χ1v) is 4.87. The van der Waals surface area contributed by atoms with Crippen LogP contribution in [0.15, 0.2) is 39.6 Å². The van der Waals surface area contributed by atoms with E-state index >= 15 is 0 Å². The van der Waals surface area contributed by atoms with E-state index in [2.05, 4.69) is 15.9 Å². The number of halogens is 1. The Hall–Kier alpha value is -1.29. The molecule has 0 amide bonds. The minimum atomic E-state index is -0.111. The monoisotopic (exact) mass is 253 g/mol. The average molecular weight is 254 g/mol. The van der Waals surface area contributed by atoms with E-state index in [1.165, 1.54) is 4.40 Å². The van der Waals surface area contributed by atoms with Crippen molar-refractivity contribution in [1.82, 2.24) is 4.40 Å². The van der Waals surface area contributed by atoms with Crippen molar-refractivity contribution in [3.8, 4) is 5.88 Å². The molecule has 3 nitrogen and oxygen atoms in total. The summed E-state index contributed by atoms with van der Waals surface area (Å²) in [6.45, 7) is 0. The molecule has 0 aromatic carbocycles. The van der Waals surface area contributed by atoms with Crippen LogP contribution < -0.4 is 10.3 Å². The van der Waals surface area contributed by atoms with Crippen molar-refractivity contribution in [3.63, 3.8) is 0 Å². The molecule has 0 spiro atoms. The molecule has 2 rings (SSSR count). The largest absolute Gasteiger partial charge is 0.482 e. The van der Waals surface area contributed by atoms with Gasteiger partial charge in [0.25, 0.3) is 5.56 Å². The predicted molar refractivity (Wildman–Crippen MR) is 57.9 cm³/mol. The highest BCUT2D eigenvalue weighted by Crippen LogP contribution is 2.14. The molecule has 0 fully saturated rings. The van der Waals surface area contributed by atoms with Crippen LogP contribution in [-0.2, 0) is 0 Å².